The molecule has 1 aliphatic carbocycles. The molecule has 1 aliphatic heterocycles. The Balaban J connectivity index is 1.46. The van der Waals surface area contributed by atoms with E-state index < -0.39 is 0 Å². The van der Waals surface area contributed by atoms with Gasteiger partial charge in [0.05, 0.1) is 17.4 Å². The molecule has 0 bridgehead atoms. The van der Waals surface area contributed by atoms with Crippen LogP contribution >= 0.6 is 0 Å². The summed E-state index contributed by atoms with van der Waals surface area (Å²) in [5.41, 5.74) is 10.9. The number of nitrogens with one attached hydrogen (secondary N) is 1. The lowest BCUT2D eigenvalue weighted by molar-refractivity contribution is 0.0547. The summed E-state index contributed by atoms with van der Waals surface area (Å²) in [5.74, 6) is 0.0160. The second kappa shape index (κ2) is 6.48. The van der Waals surface area contributed by atoms with Crippen LogP contribution in [0.3, 0.4) is 0 Å². The van der Waals surface area contributed by atoms with E-state index in [2.05, 4.69) is 14.9 Å². The summed E-state index contributed by atoms with van der Waals surface area (Å²) >= 11 is 0. The Morgan fingerprint density at radius 1 is 1.11 bits per heavy atom. The lowest BCUT2D eigenvalue weighted by Crippen LogP contribution is -2.49. The van der Waals surface area contributed by atoms with Crippen molar-refractivity contribution in [2.75, 3.05) is 6.54 Å². The van der Waals surface area contributed by atoms with E-state index in [1.807, 2.05) is 36.4 Å². The van der Waals surface area contributed by atoms with Crippen LogP contribution in [-0.4, -0.2) is 39.3 Å². The summed E-state index contributed by atoms with van der Waals surface area (Å²) in [6, 6.07) is 11.6. The molecule has 0 spiro atoms. The Bertz CT molecular complexity index is 1090. The number of hydrogen-bond donors (Lipinski definition) is 2. The van der Waals surface area contributed by atoms with Gasteiger partial charge in [0.15, 0.2) is 0 Å². The van der Waals surface area contributed by atoms with Gasteiger partial charge >= 0.3 is 0 Å². The lowest BCUT2D eigenvalue weighted by Gasteiger charge is -2.45. The highest BCUT2D eigenvalue weighted by Gasteiger charge is 2.38. The van der Waals surface area contributed by atoms with Crippen LogP contribution in [0.25, 0.3) is 11.0 Å². The van der Waals surface area contributed by atoms with E-state index in [0.29, 0.717) is 17.0 Å². The third-order valence-electron chi connectivity index (χ3n) is 6.24. The van der Waals surface area contributed by atoms with Crippen LogP contribution in [0, 0.1) is 0 Å². The van der Waals surface area contributed by atoms with Crippen molar-refractivity contribution < 1.29 is 9.59 Å². The number of carbonyl (C=O) groups is 2. The van der Waals surface area contributed by atoms with E-state index >= 15 is 0 Å². The number of piperidine rings is 1. The molecule has 6 heteroatoms. The van der Waals surface area contributed by atoms with Crippen molar-refractivity contribution in [2.24, 2.45) is 5.73 Å². The second-order valence-corrected chi connectivity index (χ2v) is 7.77. The first-order valence-electron chi connectivity index (χ1n) is 9.78. The van der Waals surface area contributed by atoms with Crippen molar-refractivity contribution in [2.45, 2.75) is 37.6 Å². The van der Waals surface area contributed by atoms with Crippen LogP contribution < -0.4 is 5.73 Å². The van der Waals surface area contributed by atoms with E-state index in [4.69, 9.17) is 5.73 Å². The van der Waals surface area contributed by atoms with E-state index in [0.717, 1.165) is 43.3 Å². The van der Waals surface area contributed by atoms with Crippen molar-refractivity contribution in [3.8, 4) is 0 Å². The van der Waals surface area contributed by atoms with E-state index in [-0.39, 0.29) is 17.9 Å². The molecule has 5 rings (SSSR count). The predicted octanol–water partition coefficient (Wildman–Crippen LogP) is 3.00. The summed E-state index contributed by atoms with van der Waals surface area (Å²) in [7, 11) is 0. The zero-order chi connectivity index (χ0) is 19.3. The minimum Gasteiger partial charge on any atom is -0.366 e. The Kier molecular flexibility index (Phi) is 3.93. The van der Waals surface area contributed by atoms with E-state index in [1.165, 1.54) is 11.1 Å². The molecule has 0 radical (unpaired) electrons. The van der Waals surface area contributed by atoms with Crippen molar-refractivity contribution in [1.82, 2.24) is 14.9 Å². The normalized spacial score (nSPS) is 21.2. The summed E-state index contributed by atoms with van der Waals surface area (Å²) in [5, 5.41) is 0. The number of rotatable bonds is 2. The van der Waals surface area contributed by atoms with Gasteiger partial charge in [0.25, 0.3) is 5.91 Å². The number of imidazole rings is 1. The van der Waals surface area contributed by atoms with Gasteiger partial charge in [-0.3, -0.25) is 9.59 Å². The van der Waals surface area contributed by atoms with Crippen molar-refractivity contribution in [1.29, 1.82) is 0 Å². The van der Waals surface area contributed by atoms with Crippen LogP contribution in [0.15, 0.2) is 42.7 Å². The molecule has 2 amide bonds. The molecule has 1 saturated heterocycles. The fraction of sp³-hybridized carbons (Fsp3) is 0.318. The number of H-pyrrole nitrogens is 1. The molecule has 2 aliphatic rings. The highest BCUT2D eigenvalue weighted by Crippen LogP contribution is 2.41. The predicted molar refractivity (Wildman–Crippen MR) is 106 cm³/mol. The average Bonchev–Trinajstić information content (AvgIpc) is 3.20. The van der Waals surface area contributed by atoms with Gasteiger partial charge in [-0.15, -0.1) is 0 Å². The number of aromatic nitrogens is 2. The molecule has 28 heavy (non-hydrogen) atoms. The van der Waals surface area contributed by atoms with Crippen LogP contribution in [-0.2, 0) is 6.42 Å². The summed E-state index contributed by atoms with van der Waals surface area (Å²) in [6.07, 6.45) is 5.47. The molecule has 1 unspecified atom stereocenters. The molecule has 1 fully saturated rings. The number of carbonyl (C=O) groups excluding carboxylic acids is 2. The van der Waals surface area contributed by atoms with Crippen LogP contribution in [0.2, 0.25) is 0 Å². The zero-order valence-electron chi connectivity index (χ0n) is 15.5. The Morgan fingerprint density at radius 3 is 2.82 bits per heavy atom. The zero-order valence-corrected chi connectivity index (χ0v) is 15.5. The second-order valence-electron chi connectivity index (χ2n) is 7.77. The van der Waals surface area contributed by atoms with Crippen molar-refractivity contribution in [3.05, 3.63) is 65.0 Å². The van der Waals surface area contributed by atoms with Crippen LogP contribution in [0.5, 0.6) is 0 Å². The largest absolute Gasteiger partial charge is 0.366 e. The third-order valence-corrected chi connectivity index (χ3v) is 6.24. The topological polar surface area (TPSA) is 92.1 Å². The number of benzene rings is 2. The average molecular weight is 374 g/mol. The number of aromatic amines is 1. The molecule has 6 nitrogen and oxygen atoms in total. The molecule has 2 atom stereocenters. The standard InChI is InChI=1S/C22H22N4O2/c23-21(27)14-3-6-16-13(10-14)5-8-20-17(16)2-1-9-26(20)22(28)15-4-7-18-19(11-15)25-12-24-18/h3-4,6-7,10-12,17,20H,1-2,5,8-9H2,(H2,23,27)(H,24,25)/t17?,20-/m0/s1. The molecular formula is C22H22N4O2. The van der Waals surface area contributed by atoms with Crippen LogP contribution in [0.1, 0.15) is 57.0 Å². The van der Waals surface area contributed by atoms with Crippen LogP contribution in [0.4, 0.5) is 0 Å². The molecule has 3 aromatic rings. The van der Waals surface area contributed by atoms with Crippen molar-refractivity contribution in [3.63, 3.8) is 0 Å². The summed E-state index contributed by atoms with van der Waals surface area (Å²) < 4.78 is 0. The van der Waals surface area contributed by atoms with Gasteiger partial charge in [0.1, 0.15) is 0 Å². The maximum Gasteiger partial charge on any atom is 0.254 e. The van der Waals surface area contributed by atoms with Gasteiger partial charge in [-0.1, -0.05) is 6.07 Å². The Morgan fingerprint density at radius 2 is 1.96 bits per heavy atom. The number of hydrogen-bond acceptors (Lipinski definition) is 3. The first kappa shape index (κ1) is 17.0. The lowest BCUT2D eigenvalue weighted by atomic mass is 9.73. The fourth-order valence-corrected chi connectivity index (χ4v) is 4.90. The number of nitrogens with two attached hydrogens (primary N) is 1. The molecule has 1 aromatic heterocycles. The first-order valence-corrected chi connectivity index (χ1v) is 9.78. The maximum absolute atomic E-state index is 13.3. The van der Waals surface area contributed by atoms with Gasteiger partial charge in [0, 0.05) is 29.6 Å². The highest BCUT2D eigenvalue weighted by atomic mass is 16.2. The van der Waals surface area contributed by atoms with E-state index in [1.54, 1.807) is 6.33 Å². The number of fused-ring (bicyclic) bond motifs is 4. The summed E-state index contributed by atoms with van der Waals surface area (Å²) in [6.45, 7) is 0.787. The SMILES string of the molecule is NC(=O)c1ccc2c(c1)CC[C@H]1C2CCCN1C(=O)c1ccc2nc[nH]c2c1. The van der Waals surface area contributed by atoms with E-state index in [9.17, 15) is 9.59 Å². The smallest absolute Gasteiger partial charge is 0.254 e. The highest BCUT2D eigenvalue weighted by molar-refractivity contribution is 5.97. The molecule has 2 aromatic carbocycles. The number of likely N-dealkylation sites (tertiary alicyclic amines) is 1. The Labute approximate surface area is 162 Å². The van der Waals surface area contributed by atoms with Gasteiger partial charge in [-0.05, 0) is 67.1 Å². The molecular weight excluding hydrogens is 352 g/mol. The van der Waals surface area contributed by atoms with Gasteiger partial charge in [-0.25, -0.2) is 4.98 Å². The fourth-order valence-electron chi connectivity index (χ4n) is 4.90. The minimum atomic E-state index is -0.389. The quantitative estimate of drug-likeness (QED) is 0.722. The molecule has 2 heterocycles. The van der Waals surface area contributed by atoms with Gasteiger partial charge in [0.2, 0.25) is 5.91 Å². The van der Waals surface area contributed by atoms with Gasteiger partial charge < -0.3 is 15.6 Å². The minimum absolute atomic E-state index is 0.0865. The Hall–Kier alpha value is -3.15. The monoisotopic (exact) mass is 374 g/mol. The number of primary amides is 1. The molecule has 142 valence electrons. The maximum atomic E-state index is 13.3. The molecule has 0 saturated carbocycles. The number of nitrogens with zero attached hydrogens (tertiary/aromatic N) is 2. The number of amides is 2. The third kappa shape index (κ3) is 2.68. The number of aryl methyl sites for hydroxylation is 1. The molecule has 3 N–H and O–H groups in total. The first-order chi connectivity index (χ1) is 13.6. The van der Waals surface area contributed by atoms with Gasteiger partial charge in [-0.2, -0.15) is 0 Å². The summed E-state index contributed by atoms with van der Waals surface area (Å²) in [4.78, 5) is 34.2. The van der Waals surface area contributed by atoms with Crippen molar-refractivity contribution >= 4 is 22.8 Å².